The molecule has 1 unspecified atom stereocenters. The van der Waals surface area contributed by atoms with E-state index in [9.17, 15) is 9.59 Å². The van der Waals surface area contributed by atoms with Crippen LogP contribution in [0, 0.1) is 0 Å². The lowest BCUT2D eigenvalue weighted by Gasteiger charge is -2.38. The number of rotatable bonds is 7. The second-order valence-corrected chi connectivity index (χ2v) is 9.61. The van der Waals surface area contributed by atoms with Crippen molar-refractivity contribution in [2.24, 2.45) is 0 Å². The van der Waals surface area contributed by atoms with Crippen molar-refractivity contribution in [1.29, 1.82) is 0 Å². The number of hydrogen-bond donors (Lipinski definition) is 1. The van der Waals surface area contributed by atoms with Crippen LogP contribution in [-0.2, 0) is 14.3 Å². The Hall–Kier alpha value is -3.99. The second kappa shape index (κ2) is 11.4. The van der Waals surface area contributed by atoms with Gasteiger partial charge >= 0.3 is 12.1 Å². The van der Waals surface area contributed by atoms with Crippen LogP contribution in [0.4, 0.5) is 16.2 Å². The molecule has 0 bridgehead atoms. The van der Waals surface area contributed by atoms with Crippen molar-refractivity contribution in [1.82, 2.24) is 25.1 Å². The fourth-order valence-corrected chi connectivity index (χ4v) is 4.23. The van der Waals surface area contributed by atoms with Gasteiger partial charge in [0.15, 0.2) is 11.9 Å². The number of benzene rings is 2. The Morgan fingerprint density at radius 2 is 1.68 bits per heavy atom. The number of ether oxygens (including phenoxy) is 2. The maximum Gasteiger partial charge on any atom is 0.412 e. The molecule has 4 rings (SSSR count). The molecule has 0 saturated carbocycles. The SMILES string of the molecule is CCOC(=O)C(c1nnnn1-c1ccccc1NC(=O)OC(C)(C)C)N1CCN(c2ccccc2)CC1. The van der Waals surface area contributed by atoms with Gasteiger partial charge in [-0.1, -0.05) is 30.3 Å². The first kappa shape index (κ1) is 26.1. The van der Waals surface area contributed by atoms with E-state index in [-0.39, 0.29) is 6.61 Å². The lowest BCUT2D eigenvalue weighted by Crippen LogP contribution is -2.50. The van der Waals surface area contributed by atoms with Gasteiger partial charge in [-0.2, -0.15) is 4.68 Å². The first-order valence-corrected chi connectivity index (χ1v) is 12.3. The van der Waals surface area contributed by atoms with E-state index in [1.165, 1.54) is 4.68 Å². The third-order valence-electron chi connectivity index (χ3n) is 5.82. The van der Waals surface area contributed by atoms with Gasteiger partial charge in [0.25, 0.3) is 0 Å². The van der Waals surface area contributed by atoms with Gasteiger partial charge in [0.05, 0.1) is 18.0 Å². The molecule has 3 aromatic rings. The van der Waals surface area contributed by atoms with Gasteiger partial charge in [-0.3, -0.25) is 10.2 Å². The normalized spacial score (nSPS) is 15.2. The van der Waals surface area contributed by atoms with E-state index in [0.29, 0.717) is 30.3 Å². The van der Waals surface area contributed by atoms with Gasteiger partial charge in [0.2, 0.25) is 0 Å². The van der Waals surface area contributed by atoms with E-state index in [0.717, 1.165) is 18.8 Å². The summed E-state index contributed by atoms with van der Waals surface area (Å²) in [6.07, 6.45) is -0.603. The summed E-state index contributed by atoms with van der Waals surface area (Å²) in [5.41, 5.74) is 1.44. The van der Waals surface area contributed by atoms with E-state index >= 15 is 0 Å². The standard InChI is InChI=1S/C26H33N7O4/c1-5-36-24(34)22(32-17-15-31(16-18-32)19-11-7-6-8-12-19)23-28-29-30-33(23)21-14-10-9-13-20(21)27-25(35)37-26(2,3)4/h6-14,22H,5,15-18H2,1-4H3,(H,27,35). The zero-order chi connectivity index (χ0) is 26.4. The predicted octanol–water partition coefficient (Wildman–Crippen LogP) is 3.44. The van der Waals surface area contributed by atoms with Crippen LogP contribution in [0.15, 0.2) is 54.6 Å². The summed E-state index contributed by atoms with van der Waals surface area (Å²) in [6.45, 7) is 10.1. The number of carbonyl (C=O) groups excluding carboxylic acids is 2. The average Bonchev–Trinajstić information content (AvgIpc) is 3.33. The molecule has 196 valence electrons. The third-order valence-corrected chi connectivity index (χ3v) is 5.82. The number of para-hydroxylation sites is 3. The summed E-state index contributed by atoms with van der Waals surface area (Å²) >= 11 is 0. The van der Waals surface area contributed by atoms with Gasteiger partial charge < -0.3 is 14.4 Å². The largest absolute Gasteiger partial charge is 0.464 e. The van der Waals surface area contributed by atoms with E-state index in [4.69, 9.17) is 9.47 Å². The summed E-state index contributed by atoms with van der Waals surface area (Å²) in [6, 6.07) is 16.4. The first-order valence-electron chi connectivity index (χ1n) is 12.3. The van der Waals surface area contributed by atoms with E-state index in [2.05, 4.69) is 37.9 Å². The number of aromatic nitrogens is 4. The third kappa shape index (κ3) is 6.42. The van der Waals surface area contributed by atoms with Crippen LogP contribution in [0.1, 0.15) is 39.6 Å². The number of amides is 1. The van der Waals surface area contributed by atoms with Crippen LogP contribution in [-0.4, -0.2) is 75.6 Å². The fraction of sp³-hybridized carbons (Fsp3) is 0.423. The van der Waals surface area contributed by atoms with Gasteiger partial charge in [0, 0.05) is 31.9 Å². The molecule has 0 radical (unpaired) electrons. The minimum Gasteiger partial charge on any atom is -0.464 e. The molecular formula is C26H33N7O4. The quantitative estimate of drug-likeness (QED) is 0.480. The molecule has 1 atom stereocenters. The van der Waals surface area contributed by atoms with Crippen LogP contribution in [0.3, 0.4) is 0 Å². The molecule has 1 aliphatic rings. The van der Waals surface area contributed by atoms with Crippen molar-refractivity contribution in [2.45, 2.75) is 39.3 Å². The molecule has 37 heavy (non-hydrogen) atoms. The minimum atomic E-state index is -0.817. The maximum absolute atomic E-state index is 13.2. The van der Waals surface area contributed by atoms with Crippen LogP contribution in [0.25, 0.3) is 5.69 Å². The second-order valence-electron chi connectivity index (χ2n) is 9.61. The van der Waals surface area contributed by atoms with Gasteiger partial charge in [-0.25, -0.2) is 9.59 Å². The number of piperazine rings is 1. The summed E-state index contributed by atoms with van der Waals surface area (Å²) in [4.78, 5) is 30.0. The topological polar surface area (TPSA) is 115 Å². The molecule has 2 heterocycles. The summed E-state index contributed by atoms with van der Waals surface area (Å²) < 4.78 is 12.3. The lowest BCUT2D eigenvalue weighted by atomic mass is 10.1. The molecular weight excluding hydrogens is 474 g/mol. The number of tetrazole rings is 1. The average molecular weight is 508 g/mol. The number of esters is 1. The highest BCUT2D eigenvalue weighted by Gasteiger charge is 2.36. The van der Waals surface area contributed by atoms with Crippen LogP contribution in [0.2, 0.25) is 0 Å². The van der Waals surface area contributed by atoms with Crippen molar-refractivity contribution in [3.63, 3.8) is 0 Å². The summed E-state index contributed by atoms with van der Waals surface area (Å²) in [5, 5.41) is 15.0. The highest BCUT2D eigenvalue weighted by atomic mass is 16.6. The Kier molecular flexibility index (Phi) is 8.02. The number of hydrogen-bond acceptors (Lipinski definition) is 9. The van der Waals surface area contributed by atoms with Gasteiger partial charge in [0.1, 0.15) is 5.60 Å². The van der Waals surface area contributed by atoms with Gasteiger partial charge in [-0.15, -0.1) is 5.10 Å². The molecule has 1 saturated heterocycles. The fourth-order valence-electron chi connectivity index (χ4n) is 4.23. The highest BCUT2D eigenvalue weighted by molar-refractivity contribution is 5.88. The first-order chi connectivity index (χ1) is 17.8. The molecule has 11 nitrogen and oxygen atoms in total. The summed E-state index contributed by atoms with van der Waals surface area (Å²) in [7, 11) is 0. The van der Waals surface area contributed by atoms with Crippen molar-refractivity contribution in [3.8, 4) is 5.69 Å². The molecule has 0 aliphatic carbocycles. The number of nitrogens with zero attached hydrogens (tertiary/aromatic N) is 6. The molecule has 1 aliphatic heterocycles. The van der Waals surface area contributed by atoms with Crippen LogP contribution >= 0.6 is 0 Å². The van der Waals surface area contributed by atoms with Gasteiger partial charge in [-0.05, 0) is 62.4 Å². The van der Waals surface area contributed by atoms with Crippen molar-refractivity contribution < 1.29 is 19.1 Å². The Morgan fingerprint density at radius 1 is 1.00 bits per heavy atom. The molecule has 1 aromatic heterocycles. The molecule has 11 heteroatoms. The predicted molar refractivity (Wildman–Crippen MR) is 139 cm³/mol. The van der Waals surface area contributed by atoms with E-state index < -0.39 is 23.7 Å². The zero-order valence-electron chi connectivity index (χ0n) is 21.6. The Labute approximate surface area is 216 Å². The van der Waals surface area contributed by atoms with E-state index in [1.54, 1.807) is 52.0 Å². The number of nitrogens with one attached hydrogen (secondary N) is 1. The lowest BCUT2D eigenvalue weighted by molar-refractivity contribution is -0.150. The smallest absolute Gasteiger partial charge is 0.412 e. The maximum atomic E-state index is 13.2. The molecule has 1 N–H and O–H groups in total. The zero-order valence-corrected chi connectivity index (χ0v) is 21.6. The number of anilines is 2. The minimum absolute atomic E-state index is 0.234. The molecule has 0 spiro atoms. The van der Waals surface area contributed by atoms with Crippen LogP contribution in [0.5, 0.6) is 0 Å². The molecule has 1 amide bonds. The Balaban J connectivity index is 1.61. The highest BCUT2D eigenvalue weighted by Crippen LogP contribution is 2.28. The monoisotopic (exact) mass is 507 g/mol. The summed E-state index contributed by atoms with van der Waals surface area (Å²) in [5.74, 6) is -0.116. The molecule has 2 aromatic carbocycles. The van der Waals surface area contributed by atoms with Crippen molar-refractivity contribution in [2.75, 3.05) is 43.0 Å². The Morgan fingerprint density at radius 3 is 2.35 bits per heavy atom. The molecule has 1 fully saturated rings. The number of carbonyl (C=O) groups is 2. The van der Waals surface area contributed by atoms with Crippen LogP contribution < -0.4 is 10.2 Å². The van der Waals surface area contributed by atoms with Crippen molar-refractivity contribution >= 4 is 23.4 Å². The van der Waals surface area contributed by atoms with E-state index in [1.807, 2.05) is 23.1 Å². The van der Waals surface area contributed by atoms with Crippen molar-refractivity contribution in [3.05, 3.63) is 60.4 Å². The Bertz CT molecular complexity index is 1200.